The van der Waals surface area contributed by atoms with Gasteiger partial charge in [-0.1, -0.05) is 0 Å². The Labute approximate surface area is 267 Å². The summed E-state index contributed by atoms with van der Waals surface area (Å²) in [5, 5.41) is 10.6. The number of nitro benzene ring substituents is 1. The summed E-state index contributed by atoms with van der Waals surface area (Å²) in [6.07, 6.45) is 0. The molecule has 0 N–H and O–H groups in total. The van der Waals surface area contributed by atoms with E-state index >= 15 is 0 Å². The Kier molecular flexibility index (Phi) is 29.1. The van der Waals surface area contributed by atoms with Crippen molar-refractivity contribution in [3.63, 3.8) is 0 Å². The number of hydrogen-bond acceptors (Lipinski definition) is 14. The Bertz CT molecular complexity index is 775. The van der Waals surface area contributed by atoms with Gasteiger partial charge in [-0.2, -0.15) is 0 Å². The lowest BCUT2D eigenvalue weighted by molar-refractivity contribution is -0.384. The van der Waals surface area contributed by atoms with E-state index in [0.717, 1.165) is 6.54 Å². The van der Waals surface area contributed by atoms with Crippen LogP contribution in [0.1, 0.15) is 0 Å². The molecule has 262 valence electrons. The lowest BCUT2D eigenvalue weighted by Crippen LogP contribution is -2.19. The highest BCUT2D eigenvalue weighted by Crippen LogP contribution is 2.17. The average Bonchev–Trinajstić information content (AvgIpc) is 3.03. The molecule has 0 saturated carbocycles. The molecule has 45 heavy (non-hydrogen) atoms. The zero-order valence-corrected chi connectivity index (χ0v) is 27.1. The normalized spacial score (nSPS) is 11.4. The Hall–Kier alpha value is -2.02. The summed E-state index contributed by atoms with van der Waals surface area (Å²) in [6, 6.07) is 5.91. The molecule has 0 bridgehead atoms. The van der Waals surface area contributed by atoms with Crippen molar-refractivity contribution < 1.29 is 57.0 Å². The predicted octanol–water partition coefficient (Wildman–Crippen LogP) is 1.70. The van der Waals surface area contributed by atoms with E-state index in [1.54, 1.807) is 12.1 Å². The van der Waals surface area contributed by atoms with Crippen LogP contribution in [0.15, 0.2) is 24.3 Å². The third kappa shape index (κ3) is 29.1. The topological polar surface area (TPSA) is 148 Å². The lowest BCUT2D eigenvalue weighted by atomic mass is 10.3. The quantitative estimate of drug-likeness (QED) is 0.0596. The molecule has 0 radical (unpaired) electrons. The molecule has 0 unspecified atom stereocenters. The van der Waals surface area contributed by atoms with Crippen LogP contribution in [-0.4, -0.2) is 169 Å². The molecule has 1 aromatic rings. The first-order valence-electron chi connectivity index (χ1n) is 15.4. The van der Waals surface area contributed by atoms with Crippen molar-refractivity contribution in [2.45, 2.75) is 0 Å². The Balaban J connectivity index is 1.65. The van der Waals surface area contributed by atoms with Gasteiger partial charge in [0.25, 0.3) is 5.69 Å². The van der Waals surface area contributed by atoms with E-state index in [0.29, 0.717) is 144 Å². The molecule has 0 aliphatic rings. The van der Waals surface area contributed by atoms with Gasteiger partial charge in [0.05, 0.1) is 137 Å². The molecule has 0 aliphatic carbocycles. The number of rotatable bonds is 35. The van der Waals surface area contributed by atoms with E-state index in [4.69, 9.17) is 52.1 Å². The van der Waals surface area contributed by atoms with Crippen molar-refractivity contribution in [1.82, 2.24) is 4.90 Å². The number of benzene rings is 1. The summed E-state index contributed by atoms with van der Waals surface area (Å²) in [6.45, 7) is 11.4. The first kappa shape index (κ1) is 41.0. The van der Waals surface area contributed by atoms with Crippen LogP contribution in [0.3, 0.4) is 0 Å². The zero-order valence-electron chi connectivity index (χ0n) is 27.1. The molecule has 1 rings (SSSR count). The minimum absolute atomic E-state index is 0.0266. The third-order valence-corrected chi connectivity index (χ3v) is 5.57. The average molecular weight is 651 g/mol. The smallest absolute Gasteiger partial charge is 0.269 e. The second-order valence-electron chi connectivity index (χ2n) is 9.53. The van der Waals surface area contributed by atoms with E-state index in [1.807, 2.05) is 14.1 Å². The first-order valence-corrected chi connectivity index (χ1v) is 15.4. The maximum Gasteiger partial charge on any atom is 0.269 e. The van der Waals surface area contributed by atoms with Crippen LogP contribution in [0.5, 0.6) is 5.75 Å². The SMILES string of the molecule is CN(C)CCOCCOCCOCCOCCOCCOCCOCCOCCOCCOCCOc1ccc([N+](=O)[O-])cc1. The van der Waals surface area contributed by atoms with Gasteiger partial charge in [0.2, 0.25) is 0 Å². The minimum atomic E-state index is -0.451. The highest BCUT2D eigenvalue weighted by Gasteiger charge is 2.04. The fourth-order valence-corrected chi connectivity index (χ4v) is 3.21. The molecule has 0 amide bonds. The van der Waals surface area contributed by atoms with Crippen molar-refractivity contribution in [2.24, 2.45) is 0 Å². The summed E-state index contributed by atoms with van der Waals surface area (Å²) in [4.78, 5) is 12.3. The fourth-order valence-electron chi connectivity index (χ4n) is 3.21. The van der Waals surface area contributed by atoms with E-state index in [1.165, 1.54) is 12.1 Å². The number of hydrogen-bond donors (Lipinski definition) is 0. The predicted molar refractivity (Wildman–Crippen MR) is 165 cm³/mol. The van der Waals surface area contributed by atoms with E-state index in [-0.39, 0.29) is 5.69 Å². The van der Waals surface area contributed by atoms with Crippen LogP contribution >= 0.6 is 0 Å². The fraction of sp³-hybridized carbons (Fsp3) is 0.800. The molecule has 0 aromatic heterocycles. The summed E-state index contributed by atoms with van der Waals surface area (Å²) in [5.41, 5.74) is 0.0266. The van der Waals surface area contributed by atoms with Gasteiger partial charge in [-0.25, -0.2) is 0 Å². The molecule has 15 nitrogen and oxygen atoms in total. The Morgan fingerprint density at radius 3 is 1.00 bits per heavy atom. The number of likely N-dealkylation sites (N-methyl/N-ethyl adjacent to an activating group) is 1. The number of ether oxygens (including phenoxy) is 11. The van der Waals surface area contributed by atoms with Gasteiger partial charge in [-0.3, -0.25) is 10.1 Å². The van der Waals surface area contributed by atoms with Crippen molar-refractivity contribution in [2.75, 3.05) is 159 Å². The molecule has 0 aliphatic heterocycles. The Morgan fingerprint density at radius 2 is 0.733 bits per heavy atom. The molecular formula is C30H54N2O13. The summed E-state index contributed by atoms with van der Waals surface area (Å²) in [7, 11) is 4.03. The highest BCUT2D eigenvalue weighted by molar-refractivity contribution is 5.35. The van der Waals surface area contributed by atoms with Gasteiger partial charge in [0, 0.05) is 18.7 Å². The molecule has 0 atom stereocenters. The van der Waals surface area contributed by atoms with Crippen LogP contribution in [0, 0.1) is 10.1 Å². The van der Waals surface area contributed by atoms with Gasteiger partial charge in [-0.05, 0) is 26.2 Å². The van der Waals surface area contributed by atoms with Gasteiger partial charge >= 0.3 is 0 Å². The van der Waals surface area contributed by atoms with E-state index < -0.39 is 4.92 Å². The highest BCUT2D eigenvalue weighted by atomic mass is 16.6. The van der Waals surface area contributed by atoms with Crippen LogP contribution < -0.4 is 4.74 Å². The van der Waals surface area contributed by atoms with E-state index in [2.05, 4.69) is 4.90 Å². The number of nitrogens with zero attached hydrogens (tertiary/aromatic N) is 2. The molecule has 0 fully saturated rings. The van der Waals surface area contributed by atoms with Gasteiger partial charge in [0.1, 0.15) is 12.4 Å². The summed E-state index contributed by atoms with van der Waals surface area (Å²) in [5.74, 6) is 0.557. The second-order valence-corrected chi connectivity index (χ2v) is 9.53. The zero-order chi connectivity index (χ0) is 32.5. The monoisotopic (exact) mass is 650 g/mol. The van der Waals surface area contributed by atoms with Gasteiger partial charge < -0.3 is 57.0 Å². The number of nitro groups is 1. The molecule has 0 saturated heterocycles. The minimum Gasteiger partial charge on any atom is -0.491 e. The molecule has 0 heterocycles. The van der Waals surface area contributed by atoms with Gasteiger partial charge in [0.15, 0.2) is 0 Å². The largest absolute Gasteiger partial charge is 0.491 e. The van der Waals surface area contributed by atoms with Crippen LogP contribution in [0.4, 0.5) is 5.69 Å². The second kappa shape index (κ2) is 31.9. The van der Waals surface area contributed by atoms with Crippen LogP contribution in [-0.2, 0) is 47.4 Å². The van der Waals surface area contributed by atoms with Crippen molar-refractivity contribution in [1.29, 1.82) is 0 Å². The number of non-ortho nitro benzene ring substituents is 1. The third-order valence-electron chi connectivity index (χ3n) is 5.57. The van der Waals surface area contributed by atoms with Gasteiger partial charge in [-0.15, -0.1) is 0 Å². The molecule has 1 aromatic carbocycles. The summed E-state index contributed by atoms with van der Waals surface area (Å²) >= 11 is 0. The van der Waals surface area contributed by atoms with Crippen molar-refractivity contribution in [3.05, 3.63) is 34.4 Å². The van der Waals surface area contributed by atoms with Crippen LogP contribution in [0.2, 0.25) is 0 Å². The molecule has 15 heteroatoms. The summed E-state index contributed by atoms with van der Waals surface area (Å²) < 4.78 is 60.0. The van der Waals surface area contributed by atoms with Crippen LogP contribution in [0.25, 0.3) is 0 Å². The standard InChI is InChI=1S/C30H54N2O13/c1-31(2)7-8-35-9-10-36-11-12-37-13-14-38-15-16-39-17-18-40-19-20-41-21-22-42-23-24-43-25-26-44-27-28-45-30-5-3-29(4-6-30)32(33)34/h3-6H,7-28H2,1-2H3. The molecule has 0 spiro atoms. The van der Waals surface area contributed by atoms with Crippen molar-refractivity contribution >= 4 is 5.69 Å². The Morgan fingerprint density at radius 1 is 0.467 bits per heavy atom. The first-order chi connectivity index (χ1) is 22.1. The lowest BCUT2D eigenvalue weighted by Gasteiger charge is -2.10. The van der Waals surface area contributed by atoms with E-state index in [9.17, 15) is 10.1 Å². The maximum atomic E-state index is 10.6. The maximum absolute atomic E-state index is 10.6. The van der Waals surface area contributed by atoms with Crippen molar-refractivity contribution in [3.8, 4) is 5.75 Å². The molecular weight excluding hydrogens is 596 g/mol.